The summed E-state index contributed by atoms with van der Waals surface area (Å²) in [7, 11) is 1.90. The van der Waals surface area contributed by atoms with Gasteiger partial charge in [-0.15, -0.1) is 0 Å². The van der Waals surface area contributed by atoms with Crippen LogP contribution in [0.3, 0.4) is 0 Å². The molecule has 1 aromatic rings. The Morgan fingerprint density at radius 3 is 2.45 bits per heavy atom. The molecule has 0 unspecified atom stereocenters. The molecule has 2 fully saturated rings. The maximum Gasteiger partial charge on any atom is 0.0796 e. The lowest BCUT2D eigenvalue weighted by molar-refractivity contribution is -0.0913. The molecule has 1 aliphatic carbocycles. The second-order valence-electron chi connectivity index (χ2n) is 6.31. The summed E-state index contributed by atoms with van der Waals surface area (Å²) >= 11 is 0. The van der Waals surface area contributed by atoms with Crippen molar-refractivity contribution in [3.63, 3.8) is 0 Å². The Morgan fingerprint density at radius 2 is 1.75 bits per heavy atom. The minimum Gasteiger partial charge on any atom is -0.379 e. The molecule has 0 aromatic heterocycles. The highest BCUT2D eigenvalue weighted by Gasteiger charge is 2.47. The fraction of sp³-hybridized carbons (Fsp3) is 0.667. The van der Waals surface area contributed by atoms with Crippen LogP contribution in [0.2, 0.25) is 0 Å². The molecule has 110 valence electrons. The van der Waals surface area contributed by atoms with Gasteiger partial charge in [0.25, 0.3) is 0 Å². The molecule has 2 aliphatic rings. The van der Waals surface area contributed by atoms with Crippen molar-refractivity contribution in [2.75, 3.05) is 20.2 Å². The lowest BCUT2D eigenvalue weighted by Crippen LogP contribution is -2.57. The van der Waals surface area contributed by atoms with Gasteiger partial charge in [-0.25, -0.2) is 0 Å². The van der Waals surface area contributed by atoms with E-state index in [-0.39, 0.29) is 5.54 Å². The molecule has 0 spiro atoms. The van der Waals surface area contributed by atoms with E-state index in [4.69, 9.17) is 4.74 Å². The van der Waals surface area contributed by atoms with Gasteiger partial charge in [-0.3, -0.25) is 4.90 Å². The van der Waals surface area contributed by atoms with E-state index in [1.807, 2.05) is 7.11 Å². The Balaban J connectivity index is 2.01. The van der Waals surface area contributed by atoms with E-state index in [1.165, 1.54) is 63.6 Å². The van der Waals surface area contributed by atoms with Crippen LogP contribution >= 0.6 is 0 Å². The quantitative estimate of drug-likeness (QED) is 0.826. The molecule has 20 heavy (non-hydrogen) atoms. The third kappa shape index (κ3) is 2.40. The van der Waals surface area contributed by atoms with Crippen molar-refractivity contribution < 1.29 is 4.74 Å². The molecule has 0 bridgehead atoms. The third-order valence-corrected chi connectivity index (χ3v) is 5.29. The Hall–Kier alpha value is -0.860. The highest BCUT2D eigenvalue weighted by Crippen LogP contribution is 2.44. The van der Waals surface area contributed by atoms with Crippen LogP contribution in [0.5, 0.6) is 0 Å². The van der Waals surface area contributed by atoms with E-state index in [0.29, 0.717) is 6.10 Å². The lowest BCUT2D eigenvalue weighted by Gasteiger charge is -2.52. The standard InChI is InChI=1S/C18H27NO/c1-20-17-12-6-7-13-18(17,16-10-4-2-5-11-16)19-14-8-3-9-15-19/h2,4-5,10-11,17H,3,6-9,12-15H2,1H3/t17-,18-/m0/s1. The summed E-state index contributed by atoms with van der Waals surface area (Å²) in [6.45, 7) is 2.46. The molecule has 1 saturated carbocycles. The highest BCUT2D eigenvalue weighted by molar-refractivity contribution is 5.27. The molecular weight excluding hydrogens is 246 g/mol. The predicted molar refractivity (Wildman–Crippen MR) is 82.8 cm³/mol. The topological polar surface area (TPSA) is 12.5 Å². The summed E-state index contributed by atoms with van der Waals surface area (Å²) < 4.78 is 5.97. The fourth-order valence-corrected chi connectivity index (χ4v) is 4.33. The Labute approximate surface area is 123 Å². The van der Waals surface area contributed by atoms with Gasteiger partial charge < -0.3 is 4.74 Å². The van der Waals surface area contributed by atoms with Crippen molar-refractivity contribution in [2.24, 2.45) is 0 Å². The number of hydrogen-bond acceptors (Lipinski definition) is 2. The van der Waals surface area contributed by atoms with Gasteiger partial charge in [0.2, 0.25) is 0 Å². The first-order valence-electron chi connectivity index (χ1n) is 8.21. The first kappa shape index (κ1) is 14.1. The Morgan fingerprint density at radius 1 is 1.00 bits per heavy atom. The number of methoxy groups -OCH3 is 1. The largest absolute Gasteiger partial charge is 0.379 e. The van der Waals surface area contributed by atoms with Crippen LogP contribution in [0, 0.1) is 0 Å². The van der Waals surface area contributed by atoms with E-state index in [2.05, 4.69) is 35.2 Å². The van der Waals surface area contributed by atoms with Crippen molar-refractivity contribution in [1.29, 1.82) is 0 Å². The number of likely N-dealkylation sites (tertiary alicyclic amines) is 1. The summed E-state index contributed by atoms with van der Waals surface area (Å²) in [5.41, 5.74) is 1.59. The van der Waals surface area contributed by atoms with E-state index in [0.717, 1.165) is 0 Å². The summed E-state index contributed by atoms with van der Waals surface area (Å²) in [4.78, 5) is 2.74. The summed E-state index contributed by atoms with van der Waals surface area (Å²) in [5, 5.41) is 0. The maximum absolute atomic E-state index is 5.97. The number of nitrogens with zero attached hydrogens (tertiary/aromatic N) is 1. The van der Waals surface area contributed by atoms with Gasteiger partial charge in [-0.2, -0.15) is 0 Å². The van der Waals surface area contributed by atoms with Crippen molar-refractivity contribution in [3.8, 4) is 0 Å². The number of rotatable bonds is 3. The lowest BCUT2D eigenvalue weighted by atomic mass is 9.72. The normalized spacial score (nSPS) is 32.1. The first-order valence-corrected chi connectivity index (χ1v) is 8.21. The molecule has 3 rings (SSSR count). The monoisotopic (exact) mass is 273 g/mol. The van der Waals surface area contributed by atoms with Gasteiger partial charge in [0.1, 0.15) is 0 Å². The van der Waals surface area contributed by atoms with Crippen LogP contribution in [0.15, 0.2) is 30.3 Å². The highest BCUT2D eigenvalue weighted by atomic mass is 16.5. The molecule has 0 radical (unpaired) electrons. The van der Waals surface area contributed by atoms with Crippen LogP contribution < -0.4 is 0 Å². The first-order chi connectivity index (χ1) is 9.88. The van der Waals surface area contributed by atoms with Crippen molar-refractivity contribution in [3.05, 3.63) is 35.9 Å². The molecule has 2 atom stereocenters. The molecule has 0 N–H and O–H groups in total. The molecule has 2 nitrogen and oxygen atoms in total. The summed E-state index contributed by atoms with van der Waals surface area (Å²) in [5.74, 6) is 0. The van der Waals surface area contributed by atoms with Crippen molar-refractivity contribution in [2.45, 2.75) is 56.6 Å². The van der Waals surface area contributed by atoms with E-state index in [1.54, 1.807) is 0 Å². The second kappa shape index (κ2) is 6.28. The van der Waals surface area contributed by atoms with Crippen molar-refractivity contribution >= 4 is 0 Å². The smallest absolute Gasteiger partial charge is 0.0796 e. The maximum atomic E-state index is 5.97. The van der Waals surface area contributed by atoms with Gasteiger partial charge in [0, 0.05) is 7.11 Å². The van der Waals surface area contributed by atoms with Crippen LogP contribution in [-0.2, 0) is 10.3 Å². The Bertz CT molecular complexity index is 413. The number of piperidine rings is 1. The van der Waals surface area contributed by atoms with Gasteiger partial charge >= 0.3 is 0 Å². The van der Waals surface area contributed by atoms with Crippen LogP contribution in [-0.4, -0.2) is 31.2 Å². The zero-order chi connectivity index (χ0) is 13.8. The second-order valence-corrected chi connectivity index (χ2v) is 6.31. The van der Waals surface area contributed by atoms with Crippen LogP contribution in [0.25, 0.3) is 0 Å². The zero-order valence-corrected chi connectivity index (χ0v) is 12.7. The average molecular weight is 273 g/mol. The summed E-state index contributed by atoms with van der Waals surface area (Å²) in [6, 6.07) is 11.1. The molecule has 1 saturated heterocycles. The van der Waals surface area contributed by atoms with Gasteiger partial charge in [-0.05, 0) is 44.3 Å². The average Bonchev–Trinajstić information content (AvgIpc) is 2.56. The Kier molecular flexibility index (Phi) is 4.42. The summed E-state index contributed by atoms with van der Waals surface area (Å²) in [6.07, 6.45) is 9.48. The fourth-order valence-electron chi connectivity index (χ4n) is 4.33. The van der Waals surface area contributed by atoms with E-state index < -0.39 is 0 Å². The van der Waals surface area contributed by atoms with E-state index >= 15 is 0 Å². The van der Waals surface area contributed by atoms with Crippen LogP contribution in [0.4, 0.5) is 0 Å². The minimum atomic E-state index is 0.120. The minimum absolute atomic E-state index is 0.120. The zero-order valence-electron chi connectivity index (χ0n) is 12.7. The molecule has 1 aromatic carbocycles. The van der Waals surface area contributed by atoms with Crippen molar-refractivity contribution in [1.82, 2.24) is 4.90 Å². The predicted octanol–water partition coefficient (Wildman–Crippen LogP) is 3.96. The molecule has 0 amide bonds. The molecule has 2 heteroatoms. The number of ether oxygens (including phenoxy) is 1. The van der Waals surface area contributed by atoms with E-state index in [9.17, 15) is 0 Å². The number of benzene rings is 1. The molecule has 1 aliphatic heterocycles. The van der Waals surface area contributed by atoms with Gasteiger partial charge in [0.15, 0.2) is 0 Å². The SMILES string of the molecule is CO[C@H]1CCCC[C@@]1(c1ccccc1)N1CCCCC1. The molecular formula is C18H27NO. The van der Waals surface area contributed by atoms with Gasteiger partial charge in [0.05, 0.1) is 11.6 Å². The third-order valence-electron chi connectivity index (χ3n) is 5.29. The van der Waals surface area contributed by atoms with Gasteiger partial charge in [-0.1, -0.05) is 49.6 Å². The molecule has 1 heterocycles. The van der Waals surface area contributed by atoms with Crippen LogP contribution in [0.1, 0.15) is 50.5 Å². The number of hydrogen-bond donors (Lipinski definition) is 0.